The van der Waals surface area contributed by atoms with Crippen molar-refractivity contribution in [3.8, 4) is 0 Å². The number of thiazole rings is 1. The molecule has 1 N–H and O–H groups in total. The van der Waals surface area contributed by atoms with Gasteiger partial charge in [0.2, 0.25) is 5.91 Å². The van der Waals surface area contributed by atoms with E-state index in [-0.39, 0.29) is 35.1 Å². The lowest BCUT2D eigenvalue weighted by Gasteiger charge is -2.08. The van der Waals surface area contributed by atoms with Gasteiger partial charge in [-0.3, -0.25) is 14.4 Å². The number of rotatable bonds is 10. The van der Waals surface area contributed by atoms with Crippen molar-refractivity contribution >= 4 is 71.5 Å². The lowest BCUT2D eigenvalue weighted by molar-refractivity contribution is -0.143. The molecule has 11 nitrogen and oxygen atoms in total. The zero-order valence-corrected chi connectivity index (χ0v) is 25.2. The van der Waals surface area contributed by atoms with Gasteiger partial charge >= 0.3 is 11.9 Å². The Labute approximate surface area is 245 Å². The van der Waals surface area contributed by atoms with E-state index < -0.39 is 45.1 Å². The standard InChI is InChI=1S/C27H31N3O8S3/c1-3-37-23(33)14-30-18-11-8-9-13-20(18)40-27(30)29-22(32)16-41(35,36)15-21(31)28-25-24(26(34)38-4-2)17-10-6-5-7-12-19(17)39-25/h8-9,11,13H,3-7,10,12,14-16H2,1-2H3,(H,28,31). The Balaban J connectivity index is 1.51. The monoisotopic (exact) mass is 621 g/mol. The van der Waals surface area contributed by atoms with Gasteiger partial charge in [0.25, 0.3) is 5.91 Å². The molecule has 220 valence electrons. The van der Waals surface area contributed by atoms with Gasteiger partial charge < -0.3 is 19.4 Å². The molecule has 0 atom stereocenters. The normalized spacial score (nSPS) is 13.9. The van der Waals surface area contributed by atoms with Crippen LogP contribution in [-0.4, -0.2) is 61.5 Å². The molecule has 0 fully saturated rings. The molecule has 2 aromatic heterocycles. The van der Waals surface area contributed by atoms with Crippen molar-refractivity contribution in [2.45, 2.75) is 52.5 Å². The molecule has 0 unspecified atom stereocenters. The van der Waals surface area contributed by atoms with Gasteiger partial charge in [-0.15, -0.1) is 11.3 Å². The second-order valence-corrected chi connectivity index (χ2v) is 13.5. The van der Waals surface area contributed by atoms with Gasteiger partial charge in [-0.1, -0.05) is 29.9 Å². The highest BCUT2D eigenvalue weighted by Crippen LogP contribution is 2.38. The molecule has 2 amide bonds. The largest absolute Gasteiger partial charge is 0.465 e. The number of nitrogens with one attached hydrogen (secondary N) is 1. The maximum Gasteiger partial charge on any atom is 0.341 e. The topological polar surface area (TPSA) is 150 Å². The van der Waals surface area contributed by atoms with Crippen LogP contribution in [-0.2, 0) is 53.1 Å². The first kappa shape index (κ1) is 30.6. The molecule has 3 aromatic rings. The molecular formula is C27H31N3O8S3. The lowest BCUT2D eigenvalue weighted by Crippen LogP contribution is -2.29. The molecule has 0 saturated carbocycles. The third-order valence-electron chi connectivity index (χ3n) is 6.25. The number of hydrogen-bond donors (Lipinski definition) is 1. The van der Waals surface area contributed by atoms with Crippen LogP contribution in [0.25, 0.3) is 10.2 Å². The van der Waals surface area contributed by atoms with Crippen LogP contribution in [0.15, 0.2) is 29.3 Å². The number of anilines is 1. The Morgan fingerprint density at radius 2 is 1.71 bits per heavy atom. The Bertz CT molecular complexity index is 1650. The van der Waals surface area contributed by atoms with Crippen molar-refractivity contribution < 1.29 is 37.1 Å². The van der Waals surface area contributed by atoms with E-state index in [1.165, 1.54) is 15.9 Å². The first-order valence-corrected chi connectivity index (χ1v) is 16.7. The van der Waals surface area contributed by atoms with Crippen molar-refractivity contribution in [2.24, 2.45) is 4.99 Å². The van der Waals surface area contributed by atoms with Crippen LogP contribution < -0.4 is 10.1 Å². The van der Waals surface area contributed by atoms with Gasteiger partial charge in [-0.25, -0.2) is 13.2 Å². The molecule has 1 aromatic carbocycles. The van der Waals surface area contributed by atoms with Gasteiger partial charge in [0, 0.05) is 4.88 Å². The van der Waals surface area contributed by atoms with E-state index in [1.54, 1.807) is 38.1 Å². The Morgan fingerprint density at radius 1 is 0.976 bits per heavy atom. The van der Waals surface area contributed by atoms with Crippen molar-refractivity contribution in [3.05, 3.63) is 45.1 Å². The molecule has 0 aliphatic heterocycles. The molecule has 1 aliphatic carbocycles. The predicted molar refractivity (Wildman–Crippen MR) is 156 cm³/mol. The molecule has 0 bridgehead atoms. The Morgan fingerprint density at radius 3 is 2.46 bits per heavy atom. The van der Waals surface area contributed by atoms with Crippen LogP contribution in [0.4, 0.5) is 5.00 Å². The summed E-state index contributed by atoms with van der Waals surface area (Å²) in [5, 5.41) is 2.83. The first-order valence-electron chi connectivity index (χ1n) is 13.2. The van der Waals surface area contributed by atoms with Crippen molar-refractivity contribution in [2.75, 3.05) is 30.0 Å². The highest BCUT2D eigenvalue weighted by atomic mass is 32.2. The fourth-order valence-corrected chi connectivity index (χ4v) is 7.94. The number of nitrogens with zero attached hydrogens (tertiary/aromatic N) is 2. The average Bonchev–Trinajstić information content (AvgIpc) is 3.30. The zero-order valence-electron chi connectivity index (χ0n) is 22.8. The highest BCUT2D eigenvalue weighted by molar-refractivity contribution is 7.92. The molecule has 4 rings (SSSR count). The summed E-state index contributed by atoms with van der Waals surface area (Å²) >= 11 is 2.39. The summed E-state index contributed by atoms with van der Waals surface area (Å²) in [5.41, 5.74) is 1.77. The van der Waals surface area contributed by atoms with Crippen LogP contribution in [0, 0.1) is 0 Å². The molecular weight excluding hydrogens is 591 g/mol. The molecule has 2 heterocycles. The number of ether oxygens (including phenoxy) is 2. The molecule has 41 heavy (non-hydrogen) atoms. The summed E-state index contributed by atoms with van der Waals surface area (Å²) in [5.74, 6) is -4.88. The summed E-state index contributed by atoms with van der Waals surface area (Å²) in [6, 6.07) is 7.11. The second kappa shape index (κ2) is 13.5. The number of amides is 2. The predicted octanol–water partition coefficient (Wildman–Crippen LogP) is 3.25. The minimum atomic E-state index is -4.21. The number of hydrogen-bond acceptors (Lipinski definition) is 10. The maximum absolute atomic E-state index is 12.8. The van der Waals surface area contributed by atoms with Gasteiger partial charge in [0.1, 0.15) is 23.1 Å². The number of fused-ring (bicyclic) bond motifs is 2. The average molecular weight is 622 g/mol. The molecule has 0 spiro atoms. The first-order chi connectivity index (χ1) is 19.6. The third kappa shape index (κ3) is 7.68. The van der Waals surface area contributed by atoms with E-state index >= 15 is 0 Å². The number of thiophene rings is 1. The molecule has 0 radical (unpaired) electrons. The lowest BCUT2D eigenvalue weighted by atomic mass is 10.1. The number of carbonyl (C=O) groups excluding carboxylic acids is 4. The van der Waals surface area contributed by atoms with Crippen LogP contribution in [0.5, 0.6) is 0 Å². The zero-order chi connectivity index (χ0) is 29.6. The smallest absolute Gasteiger partial charge is 0.341 e. The fraction of sp³-hybridized carbons (Fsp3) is 0.444. The van der Waals surface area contributed by atoms with Gasteiger partial charge in [-0.05, 0) is 57.2 Å². The quantitative estimate of drug-likeness (QED) is 0.268. The number of para-hydroxylation sites is 1. The van der Waals surface area contributed by atoms with Crippen LogP contribution in [0.1, 0.15) is 53.9 Å². The summed E-state index contributed by atoms with van der Waals surface area (Å²) < 4.78 is 38.1. The van der Waals surface area contributed by atoms with Gasteiger partial charge in [0.05, 0.1) is 29.0 Å². The minimum absolute atomic E-state index is 0.142. The van der Waals surface area contributed by atoms with E-state index in [0.717, 1.165) is 52.2 Å². The number of carbonyl (C=O) groups is 4. The number of sulfone groups is 1. The van der Waals surface area contributed by atoms with Crippen LogP contribution in [0.2, 0.25) is 0 Å². The second-order valence-electron chi connectivity index (χ2n) is 9.32. The van der Waals surface area contributed by atoms with E-state index in [4.69, 9.17) is 9.47 Å². The number of benzene rings is 1. The maximum atomic E-state index is 12.8. The van der Waals surface area contributed by atoms with Crippen LogP contribution in [0.3, 0.4) is 0 Å². The van der Waals surface area contributed by atoms with Crippen molar-refractivity contribution in [1.29, 1.82) is 0 Å². The highest BCUT2D eigenvalue weighted by Gasteiger charge is 2.28. The van der Waals surface area contributed by atoms with E-state index in [0.29, 0.717) is 11.9 Å². The SMILES string of the molecule is CCOC(=O)Cn1c(=NC(=O)CS(=O)(=O)CC(=O)Nc2sc3c(c2C(=O)OCC)CCCCC3)sc2ccccc21. The Kier molecular flexibility index (Phi) is 10.1. The minimum Gasteiger partial charge on any atom is -0.465 e. The van der Waals surface area contributed by atoms with Gasteiger partial charge in [-0.2, -0.15) is 4.99 Å². The van der Waals surface area contributed by atoms with Crippen molar-refractivity contribution in [1.82, 2.24) is 4.57 Å². The van der Waals surface area contributed by atoms with Crippen molar-refractivity contribution in [3.63, 3.8) is 0 Å². The number of esters is 2. The third-order valence-corrected chi connectivity index (χ3v) is 9.90. The number of aromatic nitrogens is 1. The summed E-state index contributed by atoms with van der Waals surface area (Å²) in [6.07, 6.45) is 4.35. The fourth-order valence-electron chi connectivity index (χ4n) is 4.59. The number of aryl methyl sites for hydroxylation is 1. The summed E-state index contributed by atoms with van der Waals surface area (Å²) in [4.78, 5) is 55.5. The van der Waals surface area contributed by atoms with E-state index in [1.807, 2.05) is 0 Å². The summed E-state index contributed by atoms with van der Waals surface area (Å²) in [7, 11) is -4.21. The summed E-state index contributed by atoms with van der Waals surface area (Å²) in [6.45, 7) is 3.51. The molecule has 1 aliphatic rings. The molecule has 14 heteroatoms. The van der Waals surface area contributed by atoms with E-state index in [9.17, 15) is 27.6 Å². The molecule has 0 saturated heterocycles. The van der Waals surface area contributed by atoms with E-state index in [2.05, 4.69) is 10.3 Å². The van der Waals surface area contributed by atoms with Gasteiger partial charge in [0.15, 0.2) is 14.6 Å². The van der Waals surface area contributed by atoms with Crippen LogP contribution >= 0.6 is 22.7 Å². The Hall–Kier alpha value is -3.36.